The fraction of sp³-hybridized carbons (Fsp3) is 0.294. The molecule has 5 aromatic rings. The summed E-state index contributed by atoms with van der Waals surface area (Å²) in [6.07, 6.45) is 11.4. The van der Waals surface area contributed by atoms with Crippen LogP contribution in [-0.2, 0) is 13.2 Å². The quantitative estimate of drug-likeness (QED) is 0.204. The van der Waals surface area contributed by atoms with Gasteiger partial charge in [-0.05, 0) is 104 Å². The Bertz CT molecular complexity index is 1620. The lowest BCUT2D eigenvalue weighted by molar-refractivity contribution is 0.273. The zero-order valence-electron chi connectivity index (χ0n) is 23.5. The van der Waals surface area contributed by atoms with Gasteiger partial charge in [0.1, 0.15) is 30.3 Å². The number of aromatic nitrogens is 3. The molecule has 2 aromatic heterocycles. The first-order valence-electron chi connectivity index (χ1n) is 14.5. The number of hydrogen-bond acceptors (Lipinski definition) is 5. The molecule has 0 amide bonds. The standard InChI is InChI=1S/C34H36FN5O/c1-25-19-30(10-12-33(25)41-23-26-7-6-8-29(35)20-26)38-34-31-21-27(9-11-32(31)36-24-37-34)28-13-16-40(22-28)18-17-39-14-4-2-3-5-15-39/h6-13,16,19-22,24H,2-5,14-15,17-18,23H2,1H3,(H,36,37,38). The van der Waals surface area contributed by atoms with Gasteiger partial charge in [0.15, 0.2) is 0 Å². The van der Waals surface area contributed by atoms with Crippen LogP contribution in [0.1, 0.15) is 36.8 Å². The number of likely N-dealkylation sites (tertiary alicyclic amines) is 1. The lowest BCUT2D eigenvalue weighted by Crippen LogP contribution is -2.28. The number of anilines is 2. The van der Waals surface area contributed by atoms with Crippen LogP contribution in [0.5, 0.6) is 5.75 Å². The van der Waals surface area contributed by atoms with E-state index in [4.69, 9.17) is 4.74 Å². The minimum absolute atomic E-state index is 0.261. The van der Waals surface area contributed by atoms with Gasteiger partial charge in [-0.3, -0.25) is 0 Å². The molecule has 0 bridgehead atoms. The van der Waals surface area contributed by atoms with Crippen LogP contribution in [0, 0.1) is 12.7 Å². The summed E-state index contributed by atoms with van der Waals surface area (Å²) in [5.41, 5.74) is 5.90. The number of halogens is 1. The molecule has 0 spiro atoms. The predicted molar refractivity (Wildman–Crippen MR) is 163 cm³/mol. The highest BCUT2D eigenvalue weighted by molar-refractivity contribution is 5.93. The summed E-state index contributed by atoms with van der Waals surface area (Å²) in [6, 6.07) is 20.9. The molecule has 6 rings (SSSR count). The number of ether oxygens (including phenoxy) is 1. The minimum Gasteiger partial charge on any atom is -0.489 e. The lowest BCUT2D eigenvalue weighted by atomic mass is 10.1. The van der Waals surface area contributed by atoms with E-state index in [1.807, 2.05) is 31.2 Å². The smallest absolute Gasteiger partial charge is 0.141 e. The fourth-order valence-electron chi connectivity index (χ4n) is 5.52. The van der Waals surface area contributed by atoms with E-state index >= 15 is 0 Å². The van der Waals surface area contributed by atoms with E-state index in [1.54, 1.807) is 12.4 Å². The first kappa shape index (κ1) is 27.0. The Morgan fingerprint density at radius 3 is 2.59 bits per heavy atom. The second kappa shape index (κ2) is 12.5. The molecule has 7 heteroatoms. The number of nitrogens with one attached hydrogen (secondary N) is 1. The van der Waals surface area contributed by atoms with Crippen molar-refractivity contribution in [3.63, 3.8) is 0 Å². The van der Waals surface area contributed by atoms with Crippen molar-refractivity contribution in [1.29, 1.82) is 0 Å². The Labute approximate surface area is 240 Å². The van der Waals surface area contributed by atoms with E-state index < -0.39 is 0 Å². The lowest BCUT2D eigenvalue weighted by Gasteiger charge is -2.19. The van der Waals surface area contributed by atoms with E-state index in [0.29, 0.717) is 6.61 Å². The van der Waals surface area contributed by atoms with Gasteiger partial charge in [-0.15, -0.1) is 0 Å². The summed E-state index contributed by atoms with van der Waals surface area (Å²) in [4.78, 5) is 11.7. The van der Waals surface area contributed by atoms with E-state index in [-0.39, 0.29) is 5.82 Å². The van der Waals surface area contributed by atoms with Gasteiger partial charge in [0.25, 0.3) is 0 Å². The molecule has 3 aromatic carbocycles. The average molecular weight is 550 g/mol. The van der Waals surface area contributed by atoms with Crippen LogP contribution in [0.15, 0.2) is 85.5 Å². The van der Waals surface area contributed by atoms with Gasteiger partial charge >= 0.3 is 0 Å². The summed E-state index contributed by atoms with van der Waals surface area (Å²) >= 11 is 0. The van der Waals surface area contributed by atoms with Crippen molar-refractivity contribution in [2.45, 2.75) is 45.8 Å². The second-order valence-electron chi connectivity index (χ2n) is 10.9. The highest BCUT2D eigenvalue weighted by Gasteiger charge is 2.11. The van der Waals surface area contributed by atoms with E-state index in [9.17, 15) is 4.39 Å². The number of aryl methyl sites for hydroxylation is 1. The molecular weight excluding hydrogens is 513 g/mol. The topological polar surface area (TPSA) is 55.2 Å². The fourth-order valence-corrected chi connectivity index (χ4v) is 5.52. The van der Waals surface area contributed by atoms with E-state index in [1.165, 1.54) is 56.5 Å². The molecule has 1 N–H and O–H groups in total. The van der Waals surface area contributed by atoms with Crippen molar-refractivity contribution in [3.05, 3.63) is 102 Å². The zero-order valence-corrected chi connectivity index (χ0v) is 23.5. The van der Waals surface area contributed by atoms with Gasteiger partial charge in [0, 0.05) is 36.6 Å². The molecule has 0 aliphatic carbocycles. The Morgan fingerprint density at radius 1 is 0.878 bits per heavy atom. The van der Waals surface area contributed by atoms with Crippen LogP contribution in [0.2, 0.25) is 0 Å². The third-order valence-electron chi connectivity index (χ3n) is 7.81. The summed E-state index contributed by atoms with van der Waals surface area (Å²) in [5, 5.41) is 4.44. The molecule has 0 radical (unpaired) electrons. The number of benzene rings is 3. The highest BCUT2D eigenvalue weighted by atomic mass is 19.1. The van der Waals surface area contributed by atoms with Crippen molar-refractivity contribution in [2.24, 2.45) is 0 Å². The van der Waals surface area contributed by atoms with Crippen LogP contribution in [0.3, 0.4) is 0 Å². The van der Waals surface area contributed by atoms with Crippen molar-refractivity contribution in [3.8, 4) is 16.9 Å². The Hall–Kier alpha value is -4.23. The zero-order chi connectivity index (χ0) is 28.0. The van der Waals surface area contributed by atoms with Gasteiger partial charge in [-0.1, -0.05) is 31.0 Å². The molecule has 0 saturated carbocycles. The molecule has 1 fully saturated rings. The molecule has 1 saturated heterocycles. The van der Waals surface area contributed by atoms with Gasteiger partial charge in [-0.25, -0.2) is 14.4 Å². The molecule has 1 aliphatic rings. The predicted octanol–water partition coefficient (Wildman–Crippen LogP) is 7.74. The summed E-state index contributed by atoms with van der Waals surface area (Å²) in [6.45, 7) is 6.86. The maximum atomic E-state index is 13.5. The van der Waals surface area contributed by atoms with Gasteiger partial charge in [0.2, 0.25) is 0 Å². The number of nitrogens with zero attached hydrogens (tertiary/aromatic N) is 4. The molecule has 1 aliphatic heterocycles. The van der Waals surface area contributed by atoms with Crippen molar-refractivity contribution < 1.29 is 9.13 Å². The average Bonchev–Trinajstić information content (AvgIpc) is 3.30. The van der Waals surface area contributed by atoms with Gasteiger partial charge < -0.3 is 19.5 Å². The number of hydrogen-bond donors (Lipinski definition) is 1. The summed E-state index contributed by atoms with van der Waals surface area (Å²) < 4.78 is 21.7. The van der Waals surface area contributed by atoms with Crippen LogP contribution in [0.25, 0.3) is 22.0 Å². The van der Waals surface area contributed by atoms with Crippen LogP contribution in [-0.4, -0.2) is 39.1 Å². The third-order valence-corrected chi connectivity index (χ3v) is 7.81. The second-order valence-corrected chi connectivity index (χ2v) is 10.9. The molecule has 0 unspecified atom stereocenters. The largest absolute Gasteiger partial charge is 0.489 e. The Kier molecular flexibility index (Phi) is 8.23. The van der Waals surface area contributed by atoms with Crippen LogP contribution in [0.4, 0.5) is 15.9 Å². The highest BCUT2D eigenvalue weighted by Crippen LogP contribution is 2.30. The summed E-state index contributed by atoms with van der Waals surface area (Å²) in [7, 11) is 0. The van der Waals surface area contributed by atoms with Crippen molar-refractivity contribution in [2.75, 3.05) is 25.0 Å². The molecule has 0 atom stereocenters. The van der Waals surface area contributed by atoms with Gasteiger partial charge in [0.05, 0.1) is 5.52 Å². The first-order chi connectivity index (χ1) is 20.1. The van der Waals surface area contributed by atoms with Crippen molar-refractivity contribution >= 4 is 22.4 Å². The van der Waals surface area contributed by atoms with E-state index in [0.717, 1.165) is 57.9 Å². The van der Waals surface area contributed by atoms with Gasteiger partial charge in [-0.2, -0.15) is 0 Å². The number of rotatable bonds is 9. The maximum absolute atomic E-state index is 13.5. The van der Waals surface area contributed by atoms with Crippen LogP contribution >= 0.6 is 0 Å². The third kappa shape index (κ3) is 6.74. The molecular formula is C34H36FN5O. The van der Waals surface area contributed by atoms with Crippen LogP contribution < -0.4 is 10.1 Å². The number of fused-ring (bicyclic) bond motifs is 1. The molecule has 41 heavy (non-hydrogen) atoms. The Balaban J connectivity index is 1.15. The molecule has 3 heterocycles. The first-order valence-corrected chi connectivity index (χ1v) is 14.5. The molecule has 210 valence electrons. The Morgan fingerprint density at radius 2 is 1.76 bits per heavy atom. The molecule has 6 nitrogen and oxygen atoms in total. The van der Waals surface area contributed by atoms with Crippen molar-refractivity contribution in [1.82, 2.24) is 19.4 Å². The summed E-state index contributed by atoms with van der Waals surface area (Å²) in [5.74, 6) is 1.25. The maximum Gasteiger partial charge on any atom is 0.141 e. The normalized spacial score (nSPS) is 14.2. The van der Waals surface area contributed by atoms with E-state index in [2.05, 4.69) is 61.4 Å². The minimum atomic E-state index is -0.261. The SMILES string of the molecule is Cc1cc(Nc2ncnc3ccc(-c4ccn(CCN5CCCCCC5)c4)cc23)ccc1OCc1cccc(F)c1. The monoisotopic (exact) mass is 549 g/mol.